The molecule has 4 heteroatoms. The Bertz CT molecular complexity index is 413. The van der Waals surface area contributed by atoms with Gasteiger partial charge in [0.15, 0.2) is 17.4 Å². The molecule has 0 heterocycles. The summed E-state index contributed by atoms with van der Waals surface area (Å²) in [5.74, 6) is -2.17. The van der Waals surface area contributed by atoms with Gasteiger partial charge in [0.05, 0.1) is 0 Å². The van der Waals surface area contributed by atoms with Gasteiger partial charge in [-0.25, -0.2) is 8.78 Å². The maximum absolute atomic E-state index is 12.8. The van der Waals surface area contributed by atoms with E-state index < -0.39 is 17.2 Å². The summed E-state index contributed by atoms with van der Waals surface area (Å²) in [7, 11) is 0. The number of carbonyl (C=O) groups excluding carboxylic acids is 1. The highest BCUT2D eigenvalue weighted by molar-refractivity contribution is 5.97. The van der Waals surface area contributed by atoms with Crippen LogP contribution in [0.25, 0.3) is 0 Å². The molecular weight excluding hydrogens is 200 g/mol. The van der Waals surface area contributed by atoms with E-state index in [9.17, 15) is 13.6 Å². The first-order valence-corrected chi connectivity index (χ1v) is 4.77. The highest BCUT2D eigenvalue weighted by Gasteiger charge is 2.40. The number of hydrogen-bond donors (Lipinski definition) is 1. The van der Waals surface area contributed by atoms with Crippen LogP contribution >= 0.6 is 0 Å². The van der Waals surface area contributed by atoms with Gasteiger partial charge in [-0.05, 0) is 31.0 Å². The van der Waals surface area contributed by atoms with Gasteiger partial charge >= 0.3 is 0 Å². The molecule has 1 saturated carbocycles. The Kier molecular flexibility index (Phi) is 2.31. The summed E-state index contributed by atoms with van der Waals surface area (Å²) >= 11 is 0. The van der Waals surface area contributed by atoms with Gasteiger partial charge in [0.2, 0.25) is 0 Å². The second kappa shape index (κ2) is 3.38. The lowest BCUT2D eigenvalue weighted by molar-refractivity contribution is 0.0970. The molecule has 0 amide bonds. The number of nitrogens with two attached hydrogens (primary N) is 1. The predicted molar refractivity (Wildman–Crippen MR) is 51.5 cm³/mol. The number of hydrogen-bond acceptors (Lipinski definition) is 2. The number of ketones is 1. The SMILES string of the molecule is NC1(CC(=O)c2ccc(F)c(F)c2)CC1. The molecule has 0 radical (unpaired) electrons. The molecule has 0 unspecified atom stereocenters. The van der Waals surface area contributed by atoms with Gasteiger partial charge in [-0.3, -0.25) is 4.79 Å². The number of carbonyl (C=O) groups is 1. The van der Waals surface area contributed by atoms with Gasteiger partial charge in [-0.2, -0.15) is 0 Å². The molecule has 2 nitrogen and oxygen atoms in total. The van der Waals surface area contributed by atoms with Crippen LogP contribution in [0.2, 0.25) is 0 Å². The molecule has 1 aromatic carbocycles. The molecule has 0 aromatic heterocycles. The molecule has 0 aliphatic heterocycles. The smallest absolute Gasteiger partial charge is 0.164 e. The summed E-state index contributed by atoms with van der Waals surface area (Å²) in [6.45, 7) is 0. The minimum absolute atomic E-state index is 0.186. The molecule has 1 aliphatic carbocycles. The van der Waals surface area contributed by atoms with Gasteiger partial charge in [-0.15, -0.1) is 0 Å². The van der Waals surface area contributed by atoms with Gasteiger partial charge in [0, 0.05) is 17.5 Å². The quantitative estimate of drug-likeness (QED) is 0.777. The first kappa shape index (κ1) is 10.2. The van der Waals surface area contributed by atoms with Crippen molar-refractivity contribution in [2.24, 2.45) is 5.73 Å². The third-order valence-electron chi connectivity index (χ3n) is 2.65. The predicted octanol–water partition coefficient (Wildman–Crippen LogP) is 2.03. The molecule has 80 valence electrons. The molecule has 15 heavy (non-hydrogen) atoms. The van der Waals surface area contributed by atoms with Crippen molar-refractivity contribution >= 4 is 5.78 Å². The Morgan fingerprint density at radius 3 is 2.53 bits per heavy atom. The average molecular weight is 211 g/mol. The minimum atomic E-state index is -0.997. The van der Waals surface area contributed by atoms with Crippen LogP contribution in [0.3, 0.4) is 0 Å². The van der Waals surface area contributed by atoms with Crippen molar-refractivity contribution in [3.05, 3.63) is 35.4 Å². The zero-order chi connectivity index (χ0) is 11.1. The largest absolute Gasteiger partial charge is 0.325 e. The number of Topliss-reactive ketones (excluding diaryl/α,β-unsaturated/α-hetero) is 1. The fourth-order valence-electron chi connectivity index (χ4n) is 1.43. The van der Waals surface area contributed by atoms with Crippen LogP contribution in [0.1, 0.15) is 29.6 Å². The van der Waals surface area contributed by atoms with Crippen LogP contribution in [0.15, 0.2) is 18.2 Å². The average Bonchev–Trinajstić information content (AvgIpc) is 2.88. The van der Waals surface area contributed by atoms with E-state index in [1.165, 1.54) is 6.07 Å². The fourth-order valence-corrected chi connectivity index (χ4v) is 1.43. The highest BCUT2D eigenvalue weighted by atomic mass is 19.2. The molecule has 0 bridgehead atoms. The molecular formula is C11H11F2NO. The summed E-state index contributed by atoms with van der Waals surface area (Å²) in [6, 6.07) is 3.16. The number of benzene rings is 1. The number of rotatable bonds is 3. The zero-order valence-electron chi connectivity index (χ0n) is 8.09. The van der Waals surface area contributed by atoms with Gasteiger partial charge in [0.25, 0.3) is 0 Å². The van der Waals surface area contributed by atoms with Crippen LogP contribution in [0, 0.1) is 11.6 Å². The molecule has 0 saturated heterocycles. The molecule has 1 aromatic rings. The first-order valence-electron chi connectivity index (χ1n) is 4.77. The molecule has 2 N–H and O–H groups in total. The van der Waals surface area contributed by atoms with Crippen molar-refractivity contribution in [3.8, 4) is 0 Å². The Balaban J connectivity index is 2.15. The third-order valence-corrected chi connectivity index (χ3v) is 2.65. The number of halogens is 2. The first-order chi connectivity index (χ1) is 7.00. The summed E-state index contributed by atoms with van der Waals surface area (Å²) < 4.78 is 25.4. The molecule has 1 fully saturated rings. The van der Waals surface area contributed by atoms with E-state index in [1.807, 2.05) is 0 Å². The van der Waals surface area contributed by atoms with Crippen molar-refractivity contribution < 1.29 is 13.6 Å². The highest BCUT2D eigenvalue weighted by Crippen LogP contribution is 2.36. The van der Waals surface area contributed by atoms with Crippen LogP contribution in [0.5, 0.6) is 0 Å². The fraction of sp³-hybridized carbons (Fsp3) is 0.364. The van der Waals surface area contributed by atoms with E-state index >= 15 is 0 Å². The maximum Gasteiger partial charge on any atom is 0.164 e. The minimum Gasteiger partial charge on any atom is -0.325 e. The van der Waals surface area contributed by atoms with E-state index in [0.717, 1.165) is 25.0 Å². The summed E-state index contributed by atoms with van der Waals surface area (Å²) in [4.78, 5) is 11.6. The molecule has 0 spiro atoms. The van der Waals surface area contributed by atoms with Gasteiger partial charge in [0.1, 0.15) is 0 Å². The van der Waals surface area contributed by atoms with Crippen molar-refractivity contribution in [2.45, 2.75) is 24.8 Å². The van der Waals surface area contributed by atoms with Crippen molar-refractivity contribution in [2.75, 3.05) is 0 Å². The summed E-state index contributed by atoms with van der Waals surface area (Å²) in [5, 5.41) is 0. The lowest BCUT2D eigenvalue weighted by Crippen LogP contribution is -2.25. The van der Waals surface area contributed by atoms with E-state index in [1.54, 1.807) is 0 Å². The van der Waals surface area contributed by atoms with E-state index in [2.05, 4.69) is 0 Å². The molecule has 2 rings (SSSR count). The van der Waals surface area contributed by atoms with Crippen molar-refractivity contribution in [1.29, 1.82) is 0 Å². The second-order valence-electron chi connectivity index (χ2n) is 4.09. The lowest BCUT2D eigenvalue weighted by atomic mass is 10.0. The van der Waals surface area contributed by atoms with Crippen molar-refractivity contribution in [1.82, 2.24) is 0 Å². The Labute approximate surface area is 86.1 Å². The van der Waals surface area contributed by atoms with E-state index in [-0.39, 0.29) is 17.8 Å². The topological polar surface area (TPSA) is 43.1 Å². The van der Waals surface area contributed by atoms with Gasteiger partial charge in [-0.1, -0.05) is 0 Å². The van der Waals surface area contributed by atoms with Crippen LogP contribution in [0.4, 0.5) is 8.78 Å². The van der Waals surface area contributed by atoms with E-state index in [4.69, 9.17) is 5.73 Å². The maximum atomic E-state index is 12.8. The lowest BCUT2D eigenvalue weighted by Gasteiger charge is -2.07. The summed E-state index contributed by atoms with van der Waals surface area (Å²) in [5.41, 5.74) is 5.55. The monoisotopic (exact) mass is 211 g/mol. The third kappa shape index (κ3) is 2.21. The Hall–Kier alpha value is -1.29. The Morgan fingerprint density at radius 2 is 2.00 bits per heavy atom. The van der Waals surface area contributed by atoms with Crippen LogP contribution in [-0.2, 0) is 0 Å². The standard InChI is InChI=1S/C11H11F2NO/c12-8-2-1-7(5-9(8)13)10(15)6-11(14)3-4-11/h1-2,5H,3-4,6,14H2. The normalized spacial score (nSPS) is 17.5. The summed E-state index contributed by atoms with van der Waals surface area (Å²) in [6.07, 6.45) is 1.85. The zero-order valence-corrected chi connectivity index (χ0v) is 8.09. The van der Waals surface area contributed by atoms with Crippen LogP contribution < -0.4 is 5.73 Å². The van der Waals surface area contributed by atoms with Gasteiger partial charge < -0.3 is 5.73 Å². The molecule has 1 aliphatic rings. The molecule has 0 atom stereocenters. The van der Waals surface area contributed by atoms with Crippen molar-refractivity contribution in [3.63, 3.8) is 0 Å². The second-order valence-corrected chi connectivity index (χ2v) is 4.09. The van der Waals surface area contributed by atoms with E-state index in [0.29, 0.717) is 0 Å². The van der Waals surface area contributed by atoms with Crippen LogP contribution in [-0.4, -0.2) is 11.3 Å². The Morgan fingerprint density at radius 1 is 1.33 bits per heavy atom.